The topological polar surface area (TPSA) is 81.7 Å². The van der Waals surface area contributed by atoms with Crippen molar-refractivity contribution in [2.24, 2.45) is 0 Å². The molecule has 0 saturated heterocycles. The lowest BCUT2D eigenvalue weighted by molar-refractivity contribution is -0.146. The van der Waals surface area contributed by atoms with E-state index in [1.54, 1.807) is 13.0 Å². The number of hydrogen-bond acceptors (Lipinski definition) is 6. The summed E-state index contributed by atoms with van der Waals surface area (Å²) in [7, 11) is 0. The number of rotatable bonds is 8. The van der Waals surface area contributed by atoms with Crippen LogP contribution < -0.4 is 5.32 Å². The highest BCUT2D eigenvalue weighted by Crippen LogP contribution is 2.34. The van der Waals surface area contributed by atoms with Crippen molar-refractivity contribution in [3.8, 4) is 0 Å². The van der Waals surface area contributed by atoms with Gasteiger partial charge in [-0.25, -0.2) is 9.18 Å². The molecule has 0 atom stereocenters. The van der Waals surface area contributed by atoms with Gasteiger partial charge in [0.2, 0.25) is 0 Å². The summed E-state index contributed by atoms with van der Waals surface area (Å²) >= 11 is 1.26. The van der Waals surface area contributed by atoms with Gasteiger partial charge in [-0.2, -0.15) is 0 Å². The fraction of sp³-hybridized carbons (Fsp3) is 0.350. The lowest BCUT2D eigenvalue weighted by atomic mass is 10.1. The molecule has 150 valence electrons. The Morgan fingerprint density at radius 2 is 1.86 bits per heavy atom. The van der Waals surface area contributed by atoms with Crippen LogP contribution in [0.4, 0.5) is 9.39 Å². The highest BCUT2D eigenvalue weighted by atomic mass is 32.1. The highest BCUT2D eigenvalue weighted by molar-refractivity contribution is 7.16. The first-order valence-corrected chi connectivity index (χ1v) is 9.67. The molecule has 1 aromatic carbocycles. The molecule has 28 heavy (non-hydrogen) atoms. The molecule has 1 amide bonds. The highest BCUT2D eigenvalue weighted by Gasteiger charge is 2.23. The summed E-state index contributed by atoms with van der Waals surface area (Å²) in [5.41, 5.74) is 1.34. The molecule has 0 aliphatic rings. The molecule has 8 heteroatoms. The number of ether oxygens (including phenoxy) is 2. The van der Waals surface area contributed by atoms with Gasteiger partial charge in [-0.05, 0) is 37.5 Å². The van der Waals surface area contributed by atoms with E-state index >= 15 is 0 Å². The second-order valence-corrected chi connectivity index (χ2v) is 7.12. The Balaban J connectivity index is 2.00. The van der Waals surface area contributed by atoms with Crippen molar-refractivity contribution < 1.29 is 28.2 Å². The first-order chi connectivity index (χ1) is 13.4. The van der Waals surface area contributed by atoms with Crippen molar-refractivity contribution in [3.63, 3.8) is 0 Å². The maximum Gasteiger partial charge on any atom is 0.341 e. The normalized spacial score (nSPS) is 10.4. The van der Waals surface area contributed by atoms with Gasteiger partial charge in [0.05, 0.1) is 18.6 Å². The van der Waals surface area contributed by atoms with Crippen molar-refractivity contribution in [1.82, 2.24) is 0 Å². The zero-order valence-electron chi connectivity index (χ0n) is 16.0. The molecule has 0 fully saturated rings. The first-order valence-electron chi connectivity index (χ1n) is 8.85. The maximum atomic E-state index is 13.6. The quantitative estimate of drug-likeness (QED) is 0.676. The van der Waals surface area contributed by atoms with Crippen LogP contribution in [0.2, 0.25) is 0 Å². The molecule has 0 bridgehead atoms. The van der Waals surface area contributed by atoms with Gasteiger partial charge in [0.15, 0.2) is 6.61 Å². The van der Waals surface area contributed by atoms with Crippen molar-refractivity contribution in [2.45, 2.75) is 33.6 Å². The predicted molar refractivity (Wildman–Crippen MR) is 104 cm³/mol. The second-order valence-electron chi connectivity index (χ2n) is 5.89. The minimum Gasteiger partial charge on any atom is -0.462 e. The number of hydrogen-bond donors (Lipinski definition) is 1. The number of carbonyl (C=O) groups is 3. The molecule has 1 N–H and O–H groups in total. The number of amides is 1. The monoisotopic (exact) mass is 407 g/mol. The number of nitrogens with one attached hydrogen (secondary N) is 1. The van der Waals surface area contributed by atoms with E-state index in [0.717, 1.165) is 10.4 Å². The van der Waals surface area contributed by atoms with E-state index in [4.69, 9.17) is 9.47 Å². The Labute approximate surface area is 166 Å². The zero-order chi connectivity index (χ0) is 20.7. The van der Waals surface area contributed by atoms with Crippen molar-refractivity contribution in [3.05, 3.63) is 51.7 Å². The summed E-state index contributed by atoms with van der Waals surface area (Å²) in [6, 6.07) is 5.85. The Morgan fingerprint density at radius 1 is 1.14 bits per heavy atom. The van der Waals surface area contributed by atoms with Gasteiger partial charge in [-0.1, -0.05) is 25.1 Å². The lowest BCUT2D eigenvalue weighted by Crippen LogP contribution is -2.22. The summed E-state index contributed by atoms with van der Waals surface area (Å²) in [5.74, 6) is -2.32. The molecule has 1 heterocycles. The first kappa shape index (κ1) is 21.6. The van der Waals surface area contributed by atoms with Crippen LogP contribution in [0.5, 0.6) is 0 Å². The Kier molecular flexibility index (Phi) is 7.69. The van der Waals surface area contributed by atoms with Gasteiger partial charge >= 0.3 is 11.9 Å². The minimum atomic E-state index is -0.720. The van der Waals surface area contributed by atoms with E-state index < -0.39 is 30.3 Å². The molecule has 6 nitrogen and oxygen atoms in total. The smallest absolute Gasteiger partial charge is 0.341 e. The average Bonchev–Trinajstić information content (AvgIpc) is 2.97. The fourth-order valence-corrected chi connectivity index (χ4v) is 3.82. The minimum absolute atomic E-state index is 0.193. The van der Waals surface area contributed by atoms with E-state index in [9.17, 15) is 18.8 Å². The van der Waals surface area contributed by atoms with E-state index in [1.807, 2.05) is 13.8 Å². The SMILES string of the molecule is CCOC(=O)c1c(NC(=O)COC(=O)Cc2ccccc2F)sc(C)c1CC. The van der Waals surface area contributed by atoms with Crippen LogP contribution >= 0.6 is 11.3 Å². The molecule has 0 radical (unpaired) electrons. The second kappa shape index (κ2) is 9.98. The number of esters is 2. The summed E-state index contributed by atoms with van der Waals surface area (Å²) in [5, 5.41) is 2.97. The standard InChI is InChI=1S/C20H22FNO5S/c1-4-14-12(3)28-19(18(14)20(25)26-5-2)22-16(23)11-27-17(24)10-13-8-6-7-9-15(13)21/h6-9H,4-5,10-11H2,1-3H3,(H,22,23). The molecule has 0 saturated carbocycles. The summed E-state index contributed by atoms with van der Waals surface area (Å²) in [4.78, 5) is 37.2. The zero-order valence-corrected chi connectivity index (χ0v) is 16.8. The third-order valence-corrected chi connectivity index (χ3v) is 5.01. The molecular formula is C20H22FNO5S. The van der Waals surface area contributed by atoms with Crippen LogP contribution in [0, 0.1) is 12.7 Å². The Morgan fingerprint density at radius 3 is 2.50 bits per heavy atom. The number of thiophene rings is 1. The third-order valence-electron chi connectivity index (χ3n) is 3.95. The van der Waals surface area contributed by atoms with Gasteiger partial charge in [-0.15, -0.1) is 11.3 Å². The van der Waals surface area contributed by atoms with Crippen LogP contribution in [-0.4, -0.2) is 31.1 Å². The van der Waals surface area contributed by atoms with Crippen molar-refractivity contribution >= 4 is 34.2 Å². The van der Waals surface area contributed by atoms with E-state index in [2.05, 4.69) is 5.32 Å². The van der Waals surface area contributed by atoms with Gasteiger partial charge < -0.3 is 14.8 Å². The molecule has 1 aromatic heterocycles. The largest absolute Gasteiger partial charge is 0.462 e. The van der Waals surface area contributed by atoms with E-state index in [0.29, 0.717) is 17.0 Å². The van der Waals surface area contributed by atoms with E-state index in [-0.39, 0.29) is 18.6 Å². The molecule has 0 unspecified atom stereocenters. The van der Waals surface area contributed by atoms with Gasteiger partial charge in [0.25, 0.3) is 5.91 Å². The number of aryl methyl sites for hydroxylation is 1. The van der Waals surface area contributed by atoms with E-state index in [1.165, 1.54) is 29.5 Å². The van der Waals surface area contributed by atoms with Crippen molar-refractivity contribution in [1.29, 1.82) is 0 Å². The van der Waals surface area contributed by atoms with Crippen LogP contribution in [-0.2, 0) is 31.9 Å². The summed E-state index contributed by atoms with van der Waals surface area (Å²) in [6.07, 6.45) is 0.343. The number of benzene rings is 1. The van der Waals surface area contributed by atoms with Crippen LogP contribution in [0.3, 0.4) is 0 Å². The number of anilines is 1. The number of carbonyl (C=O) groups excluding carboxylic acids is 3. The van der Waals surface area contributed by atoms with Crippen LogP contribution in [0.25, 0.3) is 0 Å². The average molecular weight is 407 g/mol. The molecular weight excluding hydrogens is 385 g/mol. The molecule has 2 aromatic rings. The maximum absolute atomic E-state index is 13.6. The van der Waals surface area contributed by atoms with Crippen LogP contribution in [0.1, 0.15) is 40.2 Å². The van der Waals surface area contributed by atoms with Gasteiger partial charge in [0.1, 0.15) is 10.8 Å². The third kappa shape index (κ3) is 5.39. The summed E-state index contributed by atoms with van der Waals surface area (Å²) < 4.78 is 23.6. The summed E-state index contributed by atoms with van der Waals surface area (Å²) in [6.45, 7) is 5.16. The van der Waals surface area contributed by atoms with Crippen molar-refractivity contribution in [2.75, 3.05) is 18.5 Å². The Hall–Kier alpha value is -2.74. The lowest BCUT2D eigenvalue weighted by Gasteiger charge is -2.09. The molecule has 0 spiro atoms. The number of halogens is 1. The predicted octanol–water partition coefficient (Wildman–Crippen LogP) is 3.66. The molecule has 2 rings (SSSR count). The van der Waals surface area contributed by atoms with Crippen LogP contribution in [0.15, 0.2) is 24.3 Å². The fourth-order valence-electron chi connectivity index (χ4n) is 2.67. The molecule has 0 aliphatic carbocycles. The van der Waals surface area contributed by atoms with Gasteiger partial charge in [0, 0.05) is 4.88 Å². The Bertz CT molecular complexity index is 877. The van der Waals surface area contributed by atoms with Gasteiger partial charge in [-0.3, -0.25) is 9.59 Å². The molecule has 0 aliphatic heterocycles.